The second-order valence-electron chi connectivity index (χ2n) is 8.16. The number of aliphatic hydroxyl groups excluding tert-OH is 1. The number of nitrogens with two attached hydrogens (primary N) is 1. The minimum atomic E-state index is -1.52. The van der Waals surface area contributed by atoms with Crippen molar-refractivity contribution >= 4 is 30.4 Å². The maximum Gasteiger partial charge on any atom is 0.329 e. The van der Waals surface area contributed by atoms with Crippen LogP contribution in [0.1, 0.15) is 56.6 Å². The number of halogens is 1. The molecule has 2 bridgehead atoms. The molecule has 12 heteroatoms. The molecule has 0 spiro atoms. The standard InChI is InChI=1S/C24H34FN5O5S/c1-2-18-22(32)30-19(8-3-5-9-26)24(34)35-17(7-4-6-10-36)13-21(31)27-14-16-11-15(25)12-20(28-16)23(33)29-18/h2,4,7,11-12,17,19,23,29,33,36H,3,5-6,8-10,13-14,26H2,1H3,(H,27,31)(H,30,32)/b7-4+,18-2-/t17-,19+,23?/m1/s1. The quantitative estimate of drug-likeness (QED) is 0.102. The van der Waals surface area contributed by atoms with Crippen molar-refractivity contribution < 1.29 is 28.6 Å². The Kier molecular flexibility index (Phi) is 12.4. The van der Waals surface area contributed by atoms with E-state index in [1.807, 2.05) is 0 Å². The van der Waals surface area contributed by atoms with Crippen LogP contribution in [0, 0.1) is 5.82 Å². The zero-order chi connectivity index (χ0) is 26.5. The molecule has 2 heterocycles. The maximum absolute atomic E-state index is 14.2. The van der Waals surface area contributed by atoms with E-state index in [4.69, 9.17) is 10.5 Å². The molecule has 1 unspecified atom stereocenters. The Morgan fingerprint density at radius 1 is 1.28 bits per heavy atom. The number of esters is 1. The normalized spacial score (nSPS) is 23.2. The van der Waals surface area contributed by atoms with Gasteiger partial charge in [0.05, 0.1) is 30.1 Å². The number of rotatable bonds is 7. The first-order chi connectivity index (χ1) is 17.3. The summed E-state index contributed by atoms with van der Waals surface area (Å²) in [5.74, 6) is -1.93. The molecule has 0 aromatic carbocycles. The number of hydrogen-bond acceptors (Lipinski definition) is 9. The lowest BCUT2D eigenvalue weighted by Crippen LogP contribution is -2.46. The van der Waals surface area contributed by atoms with E-state index in [-0.39, 0.29) is 36.5 Å². The number of thiol groups is 1. The Morgan fingerprint density at radius 3 is 2.75 bits per heavy atom. The van der Waals surface area contributed by atoms with Gasteiger partial charge in [0.15, 0.2) is 6.23 Å². The van der Waals surface area contributed by atoms with Gasteiger partial charge < -0.3 is 31.5 Å². The number of unbranched alkanes of at least 4 members (excludes halogenated alkanes) is 1. The van der Waals surface area contributed by atoms with Crippen molar-refractivity contribution in [2.75, 3.05) is 12.3 Å². The first-order valence-corrected chi connectivity index (χ1v) is 12.4. The summed E-state index contributed by atoms with van der Waals surface area (Å²) in [6.07, 6.45) is 4.20. The summed E-state index contributed by atoms with van der Waals surface area (Å²) in [6.45, 7) is 1.87. The molecule has 0 saturated heterocycles. The zero-order valence-electron chi connectivity index (χ0n) is 20.2. The molecule has 1 aromatic heterocycles. The van der Waals surface area contributed by atoms with Crippen molar-refractivity contribution in [2.45, 2.75) is 63.9 Å². The van der Waals surface area contributed by atoms with Gasteiger partial charge in [-0.1, -0.05) is 12.2 Å². The van der Waals surface area contributed by atoms with Crippen LogP contribution in [-0.2, 0) is 25.7 Å². The van der Waals surface area contributed by atoms with Gasteiger partial charge >= 0.3 is 5.97 Å². The molecular formula is C24H34FN5O5S. The smallest absolute Gasteiger partial charge is 0.329 e. The molecule has 1 aliphatic heterocycles. The number of aromatic nitrogens is 1. The molecule has 2 amide bonds. The van der Waals surface area contributed by atoms with Crippen molar-refractivity contribution in [3.05, 3.63) is 53.3 Å². The molecule has 1 aromatic rings. The lowest BCUT2D eigenvalue weighted by Gasteiger charge is -2.23. The molecule has 36 heavy (non-hydrogen) atoms. The van der Waals surface area contributed by atoms with Crippen LogP contribution in [0.15, 0.2) is 36.1 Å². The SMILES string of the molecule is C/C=C1\NC(O)c2cc(F)cc(n2)CNC(=O)C[C@@H](/C=C/CCS)OC(=O)[C@H](CCCCN)NC1=O. The van der Waals surface area contributed by atoms with Crippen molar-refractivity contribution in [3.8, 4) is 0 Å². The van der Waals surface area contributed by atoms with Crippen LogP contribution in [0.3, 0.4) is 0 Å². The average molecular weight is 524 g/mol. The molecule has 2 rings (SSSR count). The van der Waals surface area contributed by atoms with Gasteiger partial charge in [-0.05, 0) is 57.0 Å². The Labute approximate surface area is 215 Å². The first kappa shape index (κ1) is 29.3. The highest BCUT2D eigenvalue weighted by molar-refractivity contribution is 7.80. The number of pyridine rings is 1. The fourth-order valence-electron chi connectivity index (χ4n) is 3.43. The Bertz CT molecular complexity index is 974. The van der Waals surface area contributed by atoms with E-state index < -0.39 is 42.0 Å². The van der Waals surface area contributed by atoms with Gasteiger partial charge in [-0.25, -0.2) is 9.18 Å². The highest BCUT2D eigenvalue weighted by Gasteiger charge is 2.27. The lowest BCUT2D eigenvalue weighted by atomic mass is 10.1. The van der Waals surface area contributed by atoms with Crippen molar-refractivity contribution in [3.63, 3.8) is 0 Å². The molecule has 1 aliphatic rings. The average Bonchev–Trinajstić information content (AvgIpc) is 2.84. The van der Waals surface area contributed by atoms with Crippen LogP contribution in [0.2, 0.25) is 0 Å². The number of aliphatic hydroxyl groups is 1. The number of ether oxygens (including phenoxy) is 1. The van der Waals surface area contributed by atoms with Crippen LogP contribution in [-0.4, -0.2) is 52.3 Å². The van der Waals surface area contributed by atoms with Gasteiger partial charge in [0, 0.05) is 6.07 Å². The third kappa shape index (κ3) is 9.59. The summed E-state index contributed by atoms with van der Waals surface area (Å²) in [6, 6.07) is 1.12. The summed E-state index contributed by atoms with van der Waals surface area (Å²) >= 11 is 4.15. The van der Waals surface area contributed by atoms with Crippen LogP contribution in [0.25, 0.3) is 0 Å². The predicted octanol–water partition coefficient (Wildman–Crippen LogP) is 1.13. The number of allylic oxidation sites excluding steroid dienone is 2. The van der Waals surface area contributed by atoms with E-state index in [9.17, 15) is 23.9 Å². The Hall–Kier alpha value is -2.96. The van der Waals surface area contributed by atoms with Gasteiger partial charge in [0.2, 0.25) is 5.91 Å². The van der Waals surface area contributed by atoms with Crippen LogP contribution in [0.5, 0.6) is 0 Å². The van der Waals surface area contributed by atoms with Gasteiger partial charge in [-0.15, -0.1) is 0 Å². The van der Waals surface area contributed by atoms with E-state index in [1.54, 1.807) is 19.1 Å². The zero-order valence-corrected chi connectivity index (χ0v) is 21.1. The van der Waals surface area contributed by atoms with E-state index in [0.29, 0.717) is 31.6 Å². The number of nitrogens with zero attached hydrogens (tertiary/aromatic N) is 1. The second kappa shape index (κ2) is 15.2. The van der Waals surface area contributed by atoms with Crippen LogP contribution in [0.4, 0.5) is 4.39 Å². The number of carbonyl (C=O) groups excluding carboxylic acids is 3. The fraction of sp³-hybridized carbons (Fsp3) is 0.500. The summed E-state index contributed by atoms with van der Waals surface area (Å²) in [4.78, 5) is 42.7. The van der Waals surface area contributed by atoms with Gasteiger partial charge in [-0.2, -0.15) is 12.6 Å². The predicted molar refractivity (Wildman–Crippen MR) is 135 cm³/mol. The summed E-state index contributed by atoms with van der Waals surface area (Å²) in [5, 5.41) is 18.4. The molecule has 0 aliphatic carbocycles. The van der Waals surface area contributed by atoms with Crippen LogP contribution < -0.4 is 21.7 Å². The Morgan fingerprint density at radius 2 is 2.06 bits per heavy atom. The summed E-state index contributed by atoms with van der Waals surface area (Å²) in [5.41, 5.74) is 5.60. The fourth-order valence-corrected chi connectivity index (χ4v) is 3.58. The third-order valence-corrected chi connectivity index (χ3v) is 5.53. The van der Waals surface area contributed by atoms with Gasteiger partial charge in [0.25, 0.3) is 5.91 Å². The highest BCUT2D eigenvalue weighted by Crippen LogP contribution is 2.15. The number of fused-ring (bicyclic) bond motifs is 2. The van der Waals surface area contributed by atoms with E-state index in [0.717, 1.165) is 12.1 Å². The number of carbonyl (C=O) groups is 3. The van der Waals surface area contributed by atoms with Crippen LogP contribution >= 0.6 is 12.6 Å². The van der Waals surface area contributed by atoms with E-state index >= 15 is 0 Å². The molecule has 198 valence electrons. The summed E-state index contributed by atoms with van der Waals surface area (Å²) in [7, 11) is 0. The molecular weight excluding hydrogens is 489 g/mol. The van der Waals surface area contributed by atoms with Crippen molar-refractivity contribution in [1.29, 1.82) is 0 Å². The maximum atomic E-state index is 14.2. The number of cyclic esters (lactones) is 1. The second-order valence-corrected chi connectivity index (χ2v) is 8.61. The topological polar surface area (TPSA) is 156 Å². The molecule has 0 radical (unpaired) electrons. The molecule has 10 nitrogen and oxygen atoms in total. The van der Waals surface area contributed by atoms with Gasteiger partial charge in [-0.3, -0.25) is 14.6 Å². The molecule has 0 fully saturated rings. The van der Waals surface area contributed by atoms with E-state index in [2.05, 4.69) is 33.6 Å². The van der Waals surface area contributed by atoms with Crippen molar-refractivity contribution in [2.24, 2.45) is 5.73 Å². The first-order valence-electron chi connectivity index (χ1n) is 11.8. The number of amides is 2. The number of hydrogen-bond donors (Lipinski definition) is 6. The molecule has 3 atom stereocenters. The highest BCUT2D eigenvalue weighted by atomic mass is 32.1. The monoisotopic (exact) mass is 523 g/mol. The van der Waals surface area contributed by atoms with Gasteiger partial charge in [0.1, 0.15) is 18.0 Å². The van der Waals surface area contributed by atoms with Crippen molar-refractivity contribution in [1.82, 2.24) is 20.9 Å². The molecule has 6 N–H and O–H groups in total. The lowest BCUT2D eigenvalue weighted by molar-refractivity contribution is -0.152. The minimum absolute atomic E-state index is 0.0441. The van der Waals surface area contributed by atoms with E-state index in [1.165, 1.54) is 6.08 Å². The largest absolute Gasteiger partial charge is 0.456 e. The summed E-state index contributed by atoms with van der Waals surface area (Å²) < 4.78 is 19.8. The number of nitrogens with one attached hydrogen (secondary N) is 3. The Balaban J connectivity index is 2.40. The minimum Gasteiger partial charge on any atom is -0.456 e. The molecule has 0 saturated carbocycles. The third-order valence-electron chi connectivity index (χ3n) is 5.27.